The maximum absolute atomic E-state index is 10.6. The molecular weight excluding hydrogens is 234 g/mol. The van der Waals surface area contributed by atoms with Crippen LogP contribution in [0.2, 0.25) is 0 Å². The number of carbonyl (C=O) groups is 1. The van der Waals surface area contributed by atoms with E-state index in [1.54, 1.807) is 6.92 Å². The molecule has 0 saturated heterocycles. The standard InChI is InChI=1S/C12H19N3O3/c1-8(16)4-12(2,3)7-15-10-6-13-9(5-14-10)11(17)18/h5-6,8,16H,4,7H2,1-3H3,(H,14,15)(H,17,18). The number of rotatable bonds is 6. The lowest BCUT2D eigenvalue weighted by Crippen LogP contribution is -2.27. The van der Waals surface area contributed by atoms with E-state index in [0.717, 1.165) is 0 Å². The zero-order chi connectivity index (χ0) is 13.8. The summed E-state index contributed by atoms with van der Waals surface area (Å²) in [7, 11) is 0. The van der Waals surface area contributed by atoms with E-state index in [0.29, 0.717) is 18.8 Å². The van der Waals surface area contributed by atoms with Gasteiger partial charge in [0, 0.05) is 6.54 Å². The second-order valence-corrected chi connectivity index (χ2v) is 5.16. The molecule has 0 spiro atoms. The first-order valence-corrected chi connectivity index (χ1v) is 5.77. The molecule has 3 N–H and O–H groups in total. The Balaban J connectivity index is 2.55. The second-order valence-electron chi connectivity index (χ2n) is 5.16. The largest absolute Gasteiger partial charge is 0.476 e. The summed E-state index contributed by atoms with van der Waals surface area (Å²) in [6.07, 6.45) is 2.91. The van der Waals surface area contributed by atoms with Crippen LogP contribution >= 0.6 is 0 Å². The van der Waals surface area contributed by atoms with Crippen molar-refractivity contribution in [3.05, 3.63) is 18.1 Å². The van der Waals surface area contributed by atoms with Crippen molar-refractivity contribution in [2.24, 2.45) is 5.41 Å². The van der Waals surface area contributed by atoms with Crippen molar-refractivity contribution in [1.82, 2.24) is 9.97 Å². The van der Waals surface area contributed by atoms with Gasteiger partial charge in [-0.05, 0) is 18.8 Å². The summed E-state index contributed by atoms with van der Waals surface area (Å²) < 4.78 is 0. The Morgan fingerprint density at radius 3 is 2.56 bits per heavy atom. The Kier molecular flexibility index (Phi) is 4.61. The summed E-state index contributed by atoms with van der Waals surface area (Å²) >= 11 is 0. The van der Waals surface area contributed by atoms with Gasteiger partial charge in [-0.1, -0.05) is 13.8 Å². The fourth-order valence-electron chi connectivity index (χ4n) is 1.73. The number of nitrogens with one attached hydrogen (secondary N) is 1. The number of aromatic carboxylic acids is 1. The Bertz CT molecular complexity index is 402. The molecule has 1 unspecified atom stereocenters. The van der Waals surface area contributed by atoms with Crippen molar-refractivity contribution >= 4 is 11.8 Å². The quantitative estimate of drug-likeness (QED) is 0.709. The predicted molar refractivity (Wildman–Crippen MR) is 67.6 cm³/mol. The smallest absolute Gasteiger partial charge is 0.356 e. The van der Waals surface area contributed by atoms with Crippen LogP contribution in [-0.2, 0) is 0 Å². The van der Waals surface area contributed by atoms with E-state index in [1.807, 2.05) is 13.8 Å². The van der Waals surface area contributed by atoms with Gasteiger partial charge in [0.05, 0.1) is 18.5 Å². The number of carboxylic acids is 1. The number of aliphatic hydroxyl groups excluding tert-OH is 1. The van der Waals surface area contributed by atoms with Crippen LogP contribution in [0.5, 0.6) is 0 Å². The molecule has 1 aromatic rings. The van der Waals surface area contributed by atoms with Gasteiger partial charge in [-0.3, -0.25) is 0 Å². The summed E-state index contributed by atoms with van der Waals surface area (Å²) in [5, 5.41) is 21.1. The van der Waals surface area contributed by atoms with Crippen molar-refractivity contribution in [3.63, 3.8) is 0 Å². The molecule has 0 amide bonds. The number of hydrogen-bond donors (Lipinski definition) is 3. The minimum atomic E-state index is -1.09. The number of nitrogens with zero attached hydrogens (tertiary/aromatic N) is 2. The third kappa shape index (κ3) is 4.67. The molecule has 1 heterocycles. The van der Waals surface area contributed by atoms with Crippen molar-refractivity contribution in [3.8, 4) is 0 Å². The lowest BCUT2D eigenvalue weighted by Gasteiger charge is -2.26. The normalized spacial score (nSPS) is 13.1. The van der Waals surface area contributed by atoms with Gasteiger partial charge in [0.25, 0.3) is 0 Å². The molecule has 6 nitrogen and oxygen atoms in total. The van der Waals surface area contributed by atoms with Crippen LogP contribution in [-0.4, -0.2) is 38.8 Å². The van der Waals surface area contributed by atoms with Gasteiger partial charge in [0.15, 0.2) is 5.69 Å². The highest BCUT2D eigenvalue weighted by Gasteiger charge is 2.20. The van der Waals surface area contributed by atoms with Crippen LogP contribution in [0.3, 0.4) is 0 Å². The Labute approximate surface area is 106 Å². The third-order valence-electron chi connectivity index (χ3n) is 2.47. The Morgan fingerprint density at radius 2 is 2.11 bits per heavy atom. The molecule has 0 saturated carbocycles. The van der Waals surface area contributed by atoms with Crippen LogP contribution in [0.15, 0.2) is 12.4 Å². The van der Waals surface area contributed by atoms with Gasteiger partial charge in [0.2, 0.25) is 0 Å². The summed E-state index contributed by atoms with van der Waals surface area (Å²) in [4.78, 5) is 18.3. The van der Waals surface area contributed by atoms with Gasteiger partial charge in [-0.15, -0.1) is 0 Å². The van der Waals surface area contributed by atoms with Gasteiger partial charge < -0.3 is 15.5 Å². The molecule has 1 aromatic heterocycles. The molecule has 0 aliphatic heterocycles. The molecule has 0 aromatic carbocycles. The van der Waals surface area contributed by atoms with Crippen LogP contribution in [0, 0.1) is 5.41 Å². The SMILES string of the molecule is CC(O)CC(C)(C)CNc1cnc(C(=O)O)cn1. The molecular formula is C12H19N3O3. The van der Waals surface area contributed by atoms with Crippen LogP contribution < -0.4 is 5.32 Å². The third-order valence-corrected chi connectivity index (χ3v) is 2.47. The molecule has 0 fully saturated rings. The molecule has 1 rings (SSSR count). The van der Waals surface area contributed by atoms with E-state index in [2.05, 4.69) is 15.3 Å². The van der Waals surface area contributed by atoms with Crippen LogP contribution in [0.4, 0.5) is 5.82 Å². The first kappa shape index (κ1) is 14.4. The fourth-order valence-corrected chi connectivity index (χ4v) is 1.73. The molecule has 0 bridgehead atoms. The second kappa shape index (κ2) is 5.77. The summed E-state index contributed by atoms with van der Waals surface area (Å²) in [5.74, 6) is -0.567. The molecule has 0 radical (unpaired) electrons. The summed E-state index contributed by atoms with van der Waals surface area (Å²) in [5.41, 5.74) is -0.162. The van der Waals surface area contributed by atoms with Crippen LogP contribution in [0.25, 0.3) is 0 Å². The predicted octanol–water partition coefficient (Wildman–Crippen LogP) is 1.38. The number of aromatic nitrogens is 2. The highest BCUT2D eigenvalue weighted by atomic mass is 16.4. The summed E-state index contributed by atoms with van der Waals surface area (Å²) in [6.45, 7) is 6.44. The zero-order valence-electron chi connectivity index (χ0n) is 10.8. The highest BCUT2D eigenvalue weighted by molar-refractivity contribution is 5.84. The van der Waals surface area contributed by atoms with E-state index in [9.17, 15) is 9.90 Å². The number of aliphatic hydroxyl groups is 1. The van der Waals surface area contributed by atoms with Gasteiger partial charge in [-0.25, -0.2) is 14.8 Å². The lowest BCUT2D eigenvalue weighted by molar-refractivity contribution is 0.0690. The van der Waals surface area contributed by atoms with E-state index in [-0.39, 0.29) is 17.2 Å². The zero-order valence-corrected chi connectivity index (χ0v) is 10.8. The first-order valence-electron chi connectivity index (χ1n) is 5.77. The van der Waals surface area contributed by atoms with Crippen molar-refractivity contribution < 1.29 is 15.0 Å². The number of anilines is 1. The summed E-state index contributed by atoms with van der Waals surface area (Å²) in [6, 6.07) is 0. The van der Waals surface area contributed by atoms with Crippen molar-refractivity contribution in [2.75, 3.05) is 11.9 Å². The van der Waals surface area contributed by atoms with E-state index >= 15 is 0 Å². The highest BCUT2D eigenvalue weighted by Crippen LogP contribution is 2.22. The topological polar surface area (TPSA) is 95.3 Å². The van der Waals surface area contributed by atoms with Gasteiger partial charge in [0.1, 0.15) is 5.82 Å². The first-order chi connectivity index (χ1) is 8.30. The van der Waals surface area contributed by atoms with Crippen molar-refractivity contribution in [1.29, 1.82) is 0 Å². The average molecular weight is 253 g/mol. The molecule has 100 valence electrons. The molecule has 18 heavy (non-hydrogen) atoms. The molecule has 0 aliphatic carbocycles. The van der Waals surface area contributed by atoms with Gasteiger partial charge in [-0.2, -0.15) is 0 Å². The fraction of sp³-hybridized carbons (Fsp3) is 0.583. The number of carboxylic acid groups (broad SMARTS) is 1. The van der Waals surface area contributed by atoms with Crippen LogP contribution in [0.1, 0.15) is 37.7 Å². The monoisotopic (exact) mass is 253 g/mol. The maximum atomic E-state index is 10.6. The maximum Gasteiger partial charge on any atom is 0.356 e. The van der Waals surface area contributed by atoms with E-state index < -0.39 is 5.97 Å². The Morgan fingerprint density at radius 1 is 1.44 bits per heavy atom. The van der Waals surface area contributed by atoms with Gasteiger partial charge >= 0.3 is 5.97 Å². The average Bonchev–Trinajstić information content (AvgIpc) is 2.25. The van der Waals surface area contributed by atoms with E-state index in [1.165, 1.54) is 12.4 Å². The molecule has 6 heteroatoms. The molecule has 1 atom stereocenters. The van der Waals surface area contributed by atoms with Crippen molar-refractivity contribution in [2.45, 2.75) is 33.3 Å². The van der Waals surface area contributed by atoms with E-state index in [4.69, 9.17) is 5.11 Å². The lowest BCUT2D eigenvalue weighted by atomic mass is 9.87. The molecule has 0 aliphatic rings. The minimum absolute atomic E-state index is 0.0798. The number of hydrogen-bond acceptors (Lipinski definition) is 5. The minimum Gasteiger partial charge on any atom is -0.476 e. The Hall–Kier alpha value is -1.69.